The van der Waals surface area contributed by atoms with Crippen molar-refractivity contribution < 1.29 is 0 Å². The molecule has 0 N–H and O–H groups in total. The molecular formula is C9H14N2S. The van der Waals surface area contributed by atoms with Crippen LogP contribution < -0.4 is 0 Å². The molecule has 66 valence electrons. The first-order valence-corrected chi connectivity index (χ1v) is 5.45. The number of aromatic nitrogens is 1. The summed E-state index contributed by atoms with van der Waals surface area (Å²) in [5.74, 6) is 0. The average Bonchev–Trinajstić information content (AvgIpc) is 2.51. The van der Waals surface area contributed by atoms with Crippen LogP contribution in [-0.4, -0.2) is 22.5 Å². The third kappa shape index (κ3) is 1.52. The summed E-state index contributed by atoms with van der Waals surface area (Å²) in [6.07, 6.45) is 2.66. The highest BCUT2D eigenvalue weighted by molar-refractivity contribution is 7.07. The van der Waals surface area contributed by atoms with Gasteiger partial charge in [-0.15, -0.1) is 11.3 Å². The Morgan fingerprint density at radius 2 is 2.67 bits per heavy atom. The first-order chi connectivity index (χ1) is 5.90. The van der Waals surface area contributed by atoms with Crippen molar-refractivity contribution in [2.75, 3.05) is 6.54 Å². The monoisotopic (exact) mass is 182 g/mol. The van der Waals surface area contributed by atoms with E-state index in [9.17, 15) is 0 Å². The van der Waals surface area contributed by atoms with Gasteiger partial charge in [0, 0.05) is 24.5 Å². The average molecular weight is 182 g/mol. The van der Waals surface area contributed by atoms with E-state index < -0.39 is 0 Å². The van der Waals surface area contributed by atoms with Gasteiger partial charge in [-0.2, -0.15) is 0 Å². The fourth-order valence-corrected chi connectivity index (χ4v) is 2.24. The van der Waals surface area contributed by atoms with Gasteiger partial charge in [0.2, 0.25) is 0 Å². The van der Waals surface area contributed by atoms with E-state index >= 15 is 0 Å². The second-order valence-electron chi connectivity index (χ2n) is 3.30. The summed E-state index contributed by atoms with van der Waals surface area (Å²) in [6.45, 7) is 4.58. The molecule has 1 aromatic rings. The van der Waals surface area contributed by atoms with E-state index in [0.29, 0.717) is 0 Å². The van der Waals surface area contributed by atoms with Gasteiger partial charge in [-0.25, -0.2) is 4.98 Å². The van der Waals surface area contributed by atoms with Crippen molar-refractivity contribution in [1.82, 2.24) is 9.88 Å². The molecule has 0 radical (unpaired) electrons. The van der Waals surface area contributed by atoms with Gasteiger partial charge in [0.05, 0.1) is 11.2 Å². The predicted molar refractivity (Wildman–Crippen MR) is 51.2 cm³/mol. The maximum atomic E-state index is 4.28. The fourth-order valence-electron chi connectivity index (χ4n) is 1.69. The summed E-state index contributed by atoms with van der Waals surface area (Å²) in [4.78, 5) is 6.79. The van der Waals surface area contributed by atoms with E-state index in [1.807, 2.05) is 5.51 Å². The van der Waals surface area contributed by atoms with Crippen LogP contribution in [0.15, 0.2) is 10.9 Å². The quantitative estimate of drug-likeness (QED) is 0.712. The largest absolute Gasteiger partial charge is 0.294 e. The lowest BCUT2D eigenvalue weighted by Gasteiger charge is -2.40. The maximum absolute atomic E-state index is 4.28. The Hall–Kier alpha value is -0.410. The lowest BCUT2D eigenvalue weighted by Crippen LogP contribution is -2.46. The summed E-state index contributed by atoms with van der Waals surface area (Å²) in [5.41, 5.74) is 3.15. The zero-order valence-corrected chi connectivity index (χ0v) is 8.18. The highest BCUT2D eigenvalue weighted by atomic mass is 32.1. The SMILES string of the molecule is CCC1CCN1Cc1cscn1. The summed E-state index contributed by atoms with van der Waals surface area (Å²) in [6, 6.07) is 0.826. The zero-order valence-electron chi connectivity index (χ0n) is 7.36. The van der Waals surface area contributed by atoms with Gasteiger partial charge in [0.15, 0.2) is 0 Å². The fraction of sp³-hybridized carbons (Fsp3) is 0.667. The van der Waals surface area contributed by atoms with E-state index in [0.717, 1.165) is 12.6 Å². The Morgan fingerprint density at radius 3 is 3.17 bits per heavy atom. The molecule has 2 nitrogen and oxygen atoms in total. The second kappa shape index (κ2) is 3.54. The van der Waals surface area contributed by atoms with E-state index in [2.05, 4.69) is 22.2 Å². The van der Waals surface area contributed by atoms with E-state index in [-0.39, 0.29) is 0 Å². The molecule has 0 spiro atoms. The molecule has 2 rings (SSSR count). The number of thiazole rings is 1. The van der Waals surface area contributed by atoms with Crippen LogP contribution in [-0.2, 0) is 6.54 Å². The van der Waals surface area contributed by atoms with E-state index in [1.54, 1.807) is 11.3 Å². The van der Waals surface area contributed by atoms with Gasteiger partial charge in [0.25, 0.3) is 0 Å². The van der Waals surface area contributed by atoms with Crippen molar-refractivity contribution >= 4 is 11.3 Å². The van der Waals surface area contributed by atoms with Gasteiger partial charge in [0.1, 0.15) is 0 Å². The Labute approximate surface area is 77.2 Å². The molecule has 1 unspecified atom stereocenters. The van der Waals surface area contributed by atoms with E-state index in [1.165, 1.54) is 25.1 Å². The van der Waals surface area contributed by atoms with Gasteiger partial charge >= 0.3 is 0 Å². The molecular weight excluding hydrogens is 168 g/mol. The zero-order chi connectivity index (χ0) is 8.39. The lowest BCUT2D eigenvalue weighted by molar-refractivity contribution is 0.0779. The van der Waals surface area contributed by atoms with Crippen LogP contribution in [0.5, 0.6) is 0 Å². The topological polar surface area (TPSA) is 16.1 Å². The molecule has 0 bridgehead atoms. The molecule has 3 heteroatoms. The predicted octanol–water partition coefficient (Wildman–Crippen LogP) is 2.13. The Balaban J connectivity index is 1.88. The summed E-state index contributed by atoms with van der Waals surface area (Å²) < 4.78 is 0. The van der Waals surface area contributed by atoms with Crippen molar-refractivity contribution in [2.45, 2.75) is 32.4 Å². The molecule has 0 aliphatic carbocycles. The smallest absolute Gasteiger partial charge is 0.0795 e. The summed E-state index contributed by atoms with van der Waals surface area (Å²) >= 11 is 1.69. The minimum Gasteiger partial charge on any atom is -0.294 e. The highest BCUT2D eigenvalue weighted by Crippen LogP contribution is 2.22. The summed E-state index contributed by atoms with van der Waals surface area (Å²) in [5, 5.41) is 2.14. The third-order valence-corrected chi connectivity index (χ3v) is 3.22. The van der Waals surface area contributed by atoms with Gasteiger partial charge in [-0.05, 0) is 12.8 Å². The number of nitrogens with zero attached hydrogens (tertiary/aromatic N) is 2. The summed E-state index contributed by atoms with van der Waals surface area (Å²) in [7, 11) is 0. The molecule has 1 aliphatic rings. The Bertz CT molecular complexity index is 231. The van der Waals surface area contributed by atoms with Crippen molar-refractivity contribution in [1.29, 1.82) is 0 Å². The molecule has 1 saturated heterocycles. The first kappa shape index (κ1) is 8.20. The molecule has 2 heterocycles. The van der Waals surface area contributed by atoms with Gasteiger partial charge < -0.3 is 0 Å². The standard InChI is InChI=1S/C9H14N2S/c1-2-9-3-4-11(9)5-8-6-12-7-10-8/h6-7,9H,2-5H2,1H3. The minimum atomic E-state index is 0.826. The lowest BCUT2D eigenvalue weighted by atomic mass is 10.0. The Morgan fingerprint density at radius 1 is 1.75 bits per heavy atom. The van der Waals surface area contributed by atoms with Crippen molar-refractivity contribution in [3.05, 3.63) is 16.6 Å². The van der Waals surface area contributed by atoms with Crippen molar-refractivity contribution in [2.24, 2.45) is 0 Å². The second-order valence-corrected chi connectivity index (χ2v) is 4.02. The molecule has 1 atom stereocenters. The van der Waals surface area contributed by atoms with Crippen LogP contribution in [0.4, 0.5) is 0 Å². The molecule has 0 saturated carbocycles. The van der Waals surface area contributed by atoms with E-state index in [4.69, 9.17) is 0 Å². The van der Waals surface area contributed by atoms with Crippen LogP contribution in [0.25, 0.3) is 0 Å². The maximum Gasteiger partial charge on any atom is 0.0795 e. The number of hydrogen-bond donors (Lipinski definition) is 0. The number of hydrogen-bond acceptors (Lipinski definition) is 3. The molecule has 0 aromatic carbocycles. The minimum absolute atomic E-state index is 0.826. The van der Waals surface area contributed by atoms with Crippen molar-refractivity contribution in [3.63, 3.8) is 0 Å². The van der Waals surface area contributed by atoms with Crippen LogP contribution >= 0.6 is 11.3 Å². The molecule has 0 amide bonds. The molecule has 12 heavy (non-hydrogen) atoms. The Kier molecular flexibility index (Phi) is 2.42. The molecule has 1 aromatic heterocycles. The first-order valence-electron chi connectivity index (χ1n) is 4.51. The molecule has 1 aliphatic heterocycles. The van der Waals surface area contributed by atoms with Crippen LogP contribution in [0.2, 0.25) is 0 Å². The highest BCUT2D eigenvalue weighted by Gasteiger charge is 2.25. The van der Waals surface area contributed by atoms with Crippen LogP contribution in [0, 0.1) is 0 Å². The molecule has 1 fully saturated rings. The van der Waals surface area contributed by atoms with Crippen LogP contribution in [0.3, 0.4) is 0 Å². The van der Waals surface area contributed by atoms with Crippen LogP contribution in [0.1, 0.15) is 25.5 Å². The number of likely N-dealkylation sites (tertiary alicyclic amines) is 1. The third-order valence-electron chi connectivity index (χ3n) is 2.59. The normalized spacial score (nSPS) is 23.9. The number of rotatable bonds is 3. The van der Waals surface area contributed by atoms with Crippen molar-refractivity contribution in [3.8, 4) is 0 Å². The van der Waals surface area contributed by atoms with Gasteiger partial charge in [-0.1, -0.05) is 6.92 Å². The van der Waals surface area contributed by atoms with Gasteiger partial charge in [-0.3, -0.25) is 4.90 Å².